The van der Waals surface area contributed by atoms with E-state index in [1.807, 2.05) is 24.3 Å². The molecule has 3 aliphatic heterocycles. The van der Waals surface area contributed by atoms with Crippen molar-refractivity contribution in [3.63, 3.8) is 0 Å². The number of aliphatic hydroxyl groups excluding tert-OH is 1. The van der Waals surface area contributed by atoms with Gasteiger partial charge in [-0.25, -0.2) is 0 Å². The van der Waals surface area contributed by atoms with Gasteiger partial charge in [-0.1, -0.05) is 36.4 Å². The van der Waals surface area contributed by atoms with Crippen molar-refractivity contribution in [1.82, 2.24) is 9.80 Å². The Labute approximate surface area is 236 Å². The normalized spacial score (nSPS) is 25.7. The minimum absolute atomic E-state index is 0.0441. The van der Waals surface area contributed by atoms with Crippen LogP contribution in [-0.2, 0) is 30.4 Å². The van der Waals surface area contributed by atoms with Crippen LogP contribution in [0.4, 0.5) is 18.9 Å². The van der Waals surface area contributed by atoms with E-state index < -0.39 is 30.3 Å². The summed E-state index contributed by atoms with van der Waals surface area (Å²) < 4.78 is 57.0. The van der Waals surface area contributed by atoms with Gasteiger partial charge in [0.15, 0.2) is 6.29 Å². The van der Waals surface area contributed by atoms with Gasteiger partial charge in [-0.05, 0) is 36.1 Å². The van der Waals surface area contributed by atoms with Crippen molar-refractivity contribution in [1.29, 1.82) is 0 Å². The number of carbonyl (C=O) groups is 2. The lowest BCUT2D eigenvalue weighted by atomic mass is 9.99. The van der Waals surface area contributed by atoms with Crippen LogP contribution in [0.3, 0.4) is 0 Å². The predicted octanol–water partition coefficient (Wildman–Crippen LogP) is 3.55. The van der Waals surface area contributed by atoms with Crippen LogP contribution in [0.5, 0.6) is 0 Å². The Morgan fingerprint density at radius 3 is 2.29 bits per heavy atom. The molecule has 12 heteroatoms. The summed E-state index contributed by atoms with van der Waals surface area (Å²) in [6.45, 7) is 3.56. The highest BCUT2D eigenvalue weighted by molar-refractivity contribution is 5.98. The predicted molar refractivity (Wildman–Crippen MR) is 142 cm³/mol. The number of halogens is 3. The number of carbonyl (C=O) groups excluding carboxylic acids is 2. The van der Waals surface area contributed by atoms with Crippen LogP contribution in [0.25, 0.3) is 0 Å². The number of anilines is 1. The first kappa shape index (κ1) is 29.5. The van der Waals surface area contributed by atoms with Crippen LogP contribution < -0.4 is 5.32 Å². The van der Waals surface area contributed by atoms with Crippen molar-refractivity contribution in [2.45, 2.75) is 56.6 Å². The third-order valence-electron chi connectivity index (χ3n) is 7.69. The molecule has 0 bridgehead atoms. The molecule has 0 saturated carbocycles. The Morgan fingerprint density at radius 1 is 0.951 bits per heavy atom. The van der Waals surface area contributed by atoms with Gasteiger partial charge in [-0.15, -0.1) is 0 Å². The number of alkyl halides is 3. The molecule has 3 heterocycles. The Bertz CT molecular complexity index is 1190. The highest BCUT2D eigenvalue weighted by atomic mass is 19.4. The van der Waals surface area contributed by atoms with Crippen LogP contribution in [0.15, 0.2) is 48.5 Å². The summed E-state index contributed by atoms with van der Waals surface area (Å²) in [7, 11) is 0. The Balaban J connectivity index is 1.27. The average Bonchev–Trinajstić information content (AvgIpc) is 3.47. The van der Waals surface area contributed by atoms with Crippen molar-refractivity contribution in [3.8, 4) is 0 Å². The first-order valence-electron chi connectivity index (χ1n) is 13.8. The zero-order chi connectivity index (χ0) is 29.0. The standard InChI is InChI=1S/C29H34F3N3O6/c30-29(31,32)28(38)35-11-1-2-24(35)26(37)33-22-9-7-21(8-10-22)27-40-23(17-34-12-14-39-15-13-34)16-25(41-27)20-5-3-19(18-36)4-6-20/h3-10,23-25,27,36H,1-2,11-18H2,(H,33,37). The molecule has 3 saturated heterocycles. The first-order chi connectivity index (χ1) is 19.7. The molecule has 3 aliphatic rings. The summed E-state index contributed by atoms with van der Waals surface area (Å²) in [5.41, 5.74) is 2.90. The minimum atomic E-state index is -5.02. The van der Waals surface area contributed by atoms with E-state index in [0.717, 1.165) is 36.3 Å². The summed E-state index contributed by atoms with van der Waals surface area (Å²) in [6.07, 6.45) is -4.93. The molecule has 5 rings (SSSR count). The number of aliphatic hydroxyl groups is 1. The zero-order valence-electron chi connectivity index (χ0n) is 22.5. The third kappa shape index (κ3) is 7.25. The van der Waals surface area contributed by atoms with Crippen LogP contribution in [0.2, 0.25) is 0 Å². The summed E-state index contributed by atoms with van der Waals surface area (Å²) in [5.74, 6) is -2.65. The number of rotatable bonds is 7. The minimum Gasteiger partial charge on any atom is -0.392 e. The van der Waals surface area contributed by atoms with Gasteiger partial charge in [-0.3, -0.25) is 14.5 Å². The molecular formula is C29H34F3N3O6. The SMILES string of the molecule is O=C(Nc1ccc(C2OC(CN3CCOCC3)CC(c3ccc(CO)cc3)O2)cc1)C1CCCN1C(=O)C(F)(F)F. The molecule has 3 fully saturated rings. The molecule has 0 spiro atoms. The maximum Gasteiger partial charge on any atom is 0.471 e. The molecule has 0 aliphatic carbocycles. The number of amides is 2. The van der Waals surface area contributed by atoms with Gasteiger partial charge < -0.3 is 29.5 Å². The number of likely N-dealkylation sites (tertiary alicyclic amines) is 1. The first-order valence-corrected chi connectivity index (χ1v) is 13.8. The maximum absolute atomic E-state index is 12.9. The van der Waals surface area contributed by atoms with E-state index in [1.165, 1.54) is 0 Å². The van der Waals surface area contributed by atoms with Gasteiger partial charge in [0.2, 0.25) is 5.91 Å². The highest BCUT2D eigenvalue weighted by Crippen LogP contribution is 2.38. The number of ether oxygens (including phenoxy) is 3. The van der Waals surface area contributed by atoms with E-state index in [2.05, 4.69) is 10.2 Å². The fourth-order valence-electron chi connectivity index (χ4n) is 5.50. The molecule has 2 aromatic carbocycles. The quantitative estimate of drug-likeness (QED) is 0.519. The van der Waals surface area contributed by atoms with E-state index in [-0.39, 0.29) is 31.8 Å². The lowest BCUT2D eigenvalue weighted by molar-refractivity contribution is -0.253. The Kier molecular flexibility index (Phi) is 9.25. The number of nitrogens with zero attached hydrogens (tertiary/aromatic N) is 2. The average molecular weight is 578 g/mol. The second-order valence-corrected chi connectivity index (χ2v) is 10.5. The van der Waals surface area contributed by atoms with E-state index >= 15 is 0 Å². The van der Waals surface area contributed by atoms with Gasteiger partial charge in [0.05, 0.1) is 32.0 Å². The van der Waals surface area contributed by atoms with Gasteiger partial charge in [0.1, 0.15) is 6.04 Å². The van der Waals surface area contributed by atoms with Crippen LogP contribution in [-0.4, -0.2) is 84.4 Å². The van der Waals surface area contributed by atoms with E-state index in [9.17, 15) is 27.9 Å². The van der Waals surface area contributed by atoms with E-state index in [1.54, 1.807) is 24.3 Å². The Hall–Kier alpha value is -3.03. The molecule has 9 nitrogen and oxygen atoms in total. The summed E-state index contributed by atoms with van der Waals surface area (Å²) in [6, 6.07) is 13.2. The lowest BCUT2D eigenvalue weighted by Crippen LogP contribution is -2.48. The smallest absolute Gasteiger partial charge is 0.392 e. The van der Waals surface area contributed by atoms with Crippen LogP contribution >= 0.6 is 0 Å². The van der Waals surface area contributed by atoms with Crippen molar-refractivity contribution in [3.05, 3.63) is 65.2 Å². The van der Waals surface area contributed by atoms with Gasteiger partial charge in [0.25, 0.3) is 0 Å². The highest BCUT2D eigenvalue weighted by Gasteiger charge is 2.47. The second kappa shape index (κ2) is 12.9. The molecule has 2 N–H and O–H groups in total. The monoisotopic (exact) mass is 577 g/mol. The van der Waals surface area contributed by atoms with E-state index in [0.29, 0.717) is 36.6 Å². The van der Waals surface area contributed by atoms with Gasteiger partial charge in [-0.2, -0.15) is 13.2 Å². The van der Waals surface area contributed by atoms with Crippen molar-refractivity contribution in [2.75, 3.05) is 44.7 Å². The summed E-state index contributed by atoms with van der Waals surface area (Å²) >= 11 is 0. The zero-order valence-corrected chi connectivity index (χ0v) is 22.5. The largest absolute Gasteiger partial charge is 0.471 e. The number of nitrogens with one attached hydrogen (secondary N) is 1. The molecule has 222 valence electrons. The molecule has 4 atom stereocenters. The molecule has 0 aromatic heterocycles. The third-order valence-corrected chi connectivity index (χ3v) is 7.69. The fraction of sp³-hybridized carbons (Fsp3) is 0.517. The Morgan fingerprint density at radius 2 is 1.63 bits per heavy atom. The molecule has 2 amide bonds. The molecule has 2 aromatic rings. The molecule has 0 radical (unpaired) electrons. The van der Waals surface area contributed by atoms with Gasteiger partial charge >= 0.3 is 12.1 Å². The molecular weight excluding hydrogens is 543 g/mol. The molecule has 41 heavy (non-hydrogen) atoms. The summed E-state index contributed by atoms with van der Waals surface area (Å²) in [5, 5.41) is 12.0. The van der Waals surface area contributed by atoms with Crippen LogP contribution in [0.1, 0.15) is 48.3 Å². The maximum atomic E-state index is 12.9. The van der Waals surface area contributed by atoms with Crippen molar-refractivity contribution >= 4 is 17.5 Å². The number of hydrogen-bond donors (Lipinski definition) is 2. The fourth-order valence-corrected chi connectivity index (χ4v) is 5.50. The van der Waals surface area contributed by atoms with Crippen LogP contribution in [0, 0.1) is 0 Å². The van der Waals surface area contributed by atoms with Gasteiger partial charge in [0, 0.05) is 43.9 Å². The number of hydrogen-bond acceptors (Lipinski definition) is 7. The van der Waals surface area contributed by atoms with Crippen molar-refractivity contribution < 1.29 is 42.1 Å². The lowest BCUT2D eigenvalue weighted by Gasteiger charge is -2.39. The molecule has 4 unspecified atom stereocenters. The second-order valence-electron chi connectivity index (χ2n) is 10.5. The number of benzene rings is 2. The summed E-state index contributed by atoms with van der Waals surface area (Å²) in [4.78, 5) is 27.4. The number of morpholine rings is 1. The van der Waals surface area contributed by atoms with Crippen molar-refractivity contribution in [2.24, 2.45) is 0 Å². The van der Waals surface area contributed by atoms with E-state index in [4.69, 9.17) is 14.2 Å². The topological polar surface area (TPSA) is 101 Å².